The number of para-hydroxylation sites is 1. The molecule has 6 heteroatoms. The maximum atomic E-state index is 6.34. The SMILES string of the molecule is CC(C)(C)c1ccnc(-n2c3ccccc3c3ccc(-c4nc(Cl)nc(-c5ccccc5)n4)cc32)c1. The molecule has 0 spiro atoms. The van der Waals surface area contributed by atoms with E-state index in [0.29, 0.717) is 11.6 Å². The topological polar surface area (TPSA) is 56.5 Å². The smallest absolute Gasteiger partial charge is 0.226 e. The molecular formula is C30H24ClN5. The minimum atomic E-state index is 0.0110. The first-order valence-corrected chi connectivity index (χ1v) is 12.2. The second kappa shape index (κ2) is 8.54. The highest BCUT2D eigenvalue weighted by Gasteiger charge is 2.18. The van der Waals surface area contributed by atoms with Crippen molar-refractivity contribution in [2.24, 2.45) is 0 Å². The van der Waals surface area contributed by atoms with Crippen LogP contribution in [0.25, 0.3) is 50.4 Å². The van der Waals surface area contributed by atoms with Gasteiger partial charge < -0.3 is 0 Å². The van der Waals surface area contributed by atoms with Gasteiger partial charge >= 0.3 is 0 Å². The molecule has 0 radical (unpaired) electrons. The van der Waals surface area contributed by atoms with Gasteiger partial charge in [-0.25, -0.2) is 9.97 Å². The fourth-order valence-electron chi connectivity index (χ4n) is 4.56. The predicted octanol–water partition coefficient (Wildman–Crippen LogP) is 7.65. The van der Waals surface area contributed by atoms with Crippen molar-refractivity contribution in [3.8, 4) is 28.6 Å². The molecule has 0 saturated heterocycles. The number of benzene rings is 3. The molecule has 0 atom stereocenters. The number of pyridine rings is 1. The Bertz CT molecular complexity index is 1730. The molecule has 0 aliphatic carbocycles. The number of nitrogens with zero attached hydrogens (tertiary/aromatic N) is 5. The Kier molecular flexibility index (Phi) is 5.31. The van der Waals surface area contributed by atoms with Crippen molar-refractivity contribution in [3.05, 3.63) is 102 Å². The highest BCUT2D eigenvalue weighted by Crippen LogP contribution is 2.35. The lowest BCUT2D eigenvalue weighted by atomic mass is 9.88. The molecule has 0 fully saturated rings. The van der Waals surface area contributed by atoms with Crippen molar-refractivity contribution in [1.29, 1.82) is 0 Å². The van der Waals surface area contributed by atoms with Gasteiger partial charge in [0.1, 0.15) is 5.82 Å². The number of hydrogen-bond donors (Lipinski definition) is 0. The maximum Gasteiger partial charge on any atom is 0.226 e. The number of hydrogen-bond acceptors (Lipinski definition) is 4. The molecule has 176 valence electrons. The van der Waals surface area contributed by atoms with Crippen LogP contribution in [-0.4, -0.2) is 24.5 Å². The largest absolute Gasteiger partial charge is 0.294 e. The average molecular weight is 490 g/mol. The molecule has 5 nitrogen and oxygen atoms in total. The molecule has 0 aliphatic heterocycles. The van der Waals surface area contributed by atoms with E-state index in [1.807, 2.05) is 42.6 Å². The number of halogens is 1. The standard InChI is InChI=1S/C30H24ClN5/c1-30(2,3)21-15-16-32-26(18-21)36-24-12-8-7-11-22(24)23-14-13-20(17-25(23)36)28-33-27(34-29(31)35-28)19-9-5-4-6-10-19/h4-18H,1-3H3. The first-order valence-electron chi connectivity index (χ1n) is 11.9. The van der Waals surface area contributed by atoms with Gasteiger partial charge in [-0.3, -0.25) is 4.57 Å². The summed E-state index contributed by atoms with van der Waals surface area (Å²) < 4.78 is 2.21. The molecule has 3 heterocycles. The van der Waals surface area contributed by atoms with Crippen molar-refractivity contribution < 1.29 is 0 Å². The van der Waals surface area contributed by atoms with E-state index in [4.69, 9.17) is 21.6 Å². The van der Waals surface area contributed by atoms with Crippen molar-refractivity contribution in [3.63, 3.8) is 0 Å². The van der Waals surface area contributed by atoms with Crippen LogP contribution >= 0.6 is 11.6 Å². The second-order valence-electron chi connectivity index (χ2n) is 9.85. The van der Waals surface area contributed by atoms with Crippen LogP contribution in [0, 0.1) is 0 Å². The van der Waals surface area contributed by atoms with Crippen LogP contribution in [0.1, 0.15) is 26.3 Å². The zero-order valence-electron chi connectivity index (χ0n) is 20.3. The lowest BCUT2D eigenvalue weighted by molar-refractivity contribution is 0.588. The van der Waals surface area contributed by atoms with Gasteiger partial charge in [-0.1, -0.05) is 81.4 Å². The van der Waals surface area contributed by atoms with Gasteiger partial charge in [0.15, 0.2) is 11.6 Å². The van der Waals surface area contributed by atoms with E-state index in [9.17, 15) is 0 Å². The van der Waals surface area contributed by atoms with Crippen LogP contribution in [0.3, 0.4) is 0 Å². The Morgan fingerprint density at radius 3 is 2.14 bits per heavy atom. The summed E-state index contributed by atoms with van der Waals surface area (Å²) >= 11 is 6.34. The highest BCUT2D eigenvalue weighted by atomic mass is 35.5. The van der Waals surface area contributed by atoms with Crippen LogP contribution in [0.4, 0.5) is 0 Å². The van der Waals surface area contributed by atoms with Crippen LogP contribution in [0.15, 0.2) is 91.1 Å². The molecule has 0 bridgehead atoms. The van der Waals surface area contributed by atoms with Crippen LogP contribution in [-0.2, 0) is 5.41 Å². The van der Waals surface area contributed by atoms with E-state index in [1.54, 1.807) is 0 Å². The highest BCUT2D eigenvalue weighted by molar-refractivity contribution is 6.28. The lowest BCUT2D eigenvalue weighted by Gasteiger charge is -2.20. The van der Waals surface area contributed by atoms with E-state index in [1.165, 1.54) is 10.9 Å². The number of rotatable bonds is 3. The Morgan fingerprint density at radius 2 is 1.36 bits per heavy atom. The van der Waals surface area contributed by atoms with Gasteiger partial charge in [-0.2, -0.15) is 9.97 Å². The van der Waals surface area contributed by atoms with Crippen molar-refractivity contribution in [2.45, 2.75) is 26.2 Å². The number of fused-ring (bicyclic) bond motifs is 3. The Labute approximate surface area is 214 Å². The van der Waals surface area contributed by atoms with Crippen molar-refractivity contribution in [1.82, 2.24) is 24.5 Å². The van der Waals surface area contributed by atoms with Crippen LogP contribution in [0.5, 0.6) is 0 Å². The molecule has 6 rings (SSSR count). The molecular weight excluding hydrogens is 466 g/mol. The quantitative estimate of drug-likeness (QED) is 0.256. The normalized spacial score (nSPS) is 11.9. The molecule has 0 saturated carbocycles. The Balaban J connectivity index is 1.59. The van der Waals surface area contributed by atoms with Crippen LogP contribution < -0.4 is 0 Å². The summed E-state index contributed by atoms with van der Waals surface area (Å²) in [7, 11) is 0. The third-order valence-electron chi connectivity index (χ3n) is 6.41. The summed E-state index contributed by atoms with van der Waals surface area (Å²) in [6.45, 7) is 6.64. The Morgan fingerprint density at radius 1 is 0.667 bits per heavy atom. The Hall–Kier alpha value is -4.09. The fraction of sp³-hybridized carbons (Fsp3) is 0.133. The molecule has 3 aromatic carbocycles. The van der Waals surface area contributed by atoms with Gasteiger partial charge in [0.2, 0.25) is 5.28 Å². The van der Waals surface area contributed by atoms with Crippen molar-refractivity contribution >= 4 is 33.4 Å². The van der Waals surface area contributed by atoms with E-state index < -0.39 is 0 Å². The van der Waals surface area contributed by atoms with Crippen LogP contribution in [0.2, 0.25) is 5.28 Å². The molecule has 0 N–H and O–H groups in total. The molecule has 3 aromatic heterocycles. The molecule has 0 amide bonds. The summed E-state index contributed by atoms with van der Waals surface area (Å²) in [6, 6.07) is 28.7. The van der Waals surface area contributed by atoms with Gasteiger partial charge in [-0.05, 0) is 46.8 Å². The summed E-state index contributed by atoms with van der Waals surface area (Å²) in [5.74, 6) is 1.96. The zero-order chi connectivity index (χ0) is 24.9. The summed E-state index contributed by atoms with van der Waals surface area (Å²) in [4.78, 5) is 18.3. The summed E-state index contributed by atoms with van der Waals surface area (Å²) in [5.41, 5.74) is 5.12. The van der Waals surface area contributed by atoms with E-state index >= 15 is 0 Å². The minimum Gasteiger partial charge on any atom is -0.294 e. The van der Waals surface area contributed by atoms with Gasteiger partial charge in [0, 0.05) is 28.1 Å². The molecule has 0 aliphatic rings. The van der Waals surface area contributed by atoms with Gasteiger partial charge in [-0.15, -0.1) is 0 Å². The van der Waals surface area contributed by atoms with Gasteiger partial charge in [0.05, 0.1) is 11.0 Å². The van der Waals surface area contributed by atoms with Crippen molar-refractivity contribution in [2.75, 3.05) is 0 Å². The second-order valence-corrected chi connectivity index (χ2v) is 10.2. The van der Waals surface area contributed by atoms with Gasteiger partial charge in [0.25, 0.3) is 0 Å². The average Bonchev–Trinajstić information content (AvgIpc) is 3.22. The minimum absolute atomic E-state index is 0.0110. The van der Waals surface area contributed by atoms with E-state index in [2.05, 4.69) is 83.8 Å². The fourth-order valence-corrected chi connectivity index (χ4v) is 4.72. The summed E-state index contributed by atoms with van der Waals surface area (Å²) in [6.07, 6.45) is 1.89. The zero-order valence-corrected chi connectivity index (χ0v) is 21.0. The molecule has 0 unspecified atom stereocenters. The van der Waals surface area contributed by atoms with E-state index in [-0.39, 0.29) is 10.7 Å². The molecule has 36 heavy (non-hydrogen) atoms. The third kappa shape index (κ3) is 3.91. The maximum absolute atomic E-state index is 6.34. The third-order valence-corrected chi connectivity index (χ3v) is 6.58. The lowest BCUT2D eigenvalue weighted by Crippen LogP contribution is -2.12. The first-order chi connectivity index (χ1) is 17.4. The summed E-state index contributed by atoms with van der Waals surface area (Å²) in [5, 5.41) is 2.47. The van der Waals surface area contributed by atoms with E-state index in [0.717, 1.165) is 33.4 Å². The molecule has 6 aromatic rings. The first kappa shape index (κ1) is 22.4. The number of aromatic nitrogens is 5. The predicted molar refractivity (Wildman–Crippen MR) is 147 cm³/mol. The monoisotopic (exact) mass is 489 g/mol.